The lowest BCUT2D eigenvalue weighted by molar-refractivity contribution is 0.0921. The van der Waals surface area contributed by atoms with E-state index in [2.05, 4.69) is 19.9 Å². The molecule has 0 amide bonds. The van der Waals surface area contributed by atoms with Crippen molar-refractivity contribution in [3.05, 3.63) is 34.4 Å². The number of carbonyl (C=O) groups is 1. The number of benzene rings is 1. The van der Waals surface area contributed by atoms with Gasteiger partial charge < -0.3 is 5.73 Å². The molecule has 2 N–H and O–H groups in total. The first-order valence-electron chi connectivity index (χ1n) is 7.20. The van der Waals surface area contributed by atoms with E-state index in [-0.39, 0.29) is 17.7 Å². The predicted octanol–water partition coefficient (Wildman–Crippen LogP) is 3.95. The maximum atomic E-state index is 12.5. The van der Waals surface area contributed by atoms with Gasteiger partial charge in [-0.2, -0.15) is 0 Å². The molecule has 0 radical (unpaired) electrons. The molecule has 19 heavy (non-hydrogen) atoms. The van der Waals surface area contributed by atoms with Crippen LogP contribution in [0.25, 0.3) is 0 Å². The summed E-state index contributed by atoms with van der Waals surface area (Å²) in [6, 6.07) is 4.37. The summed E-state index contributed by atoms with van der Waals surface area (Å²) < 4.78 is 0. The Bertz CT molecular complexity index is 449. The topological polar surface area (TPSA) is 43.1 Å². The van der Waals surface area contributed by atoms with Gasteiger partial charge in [0.15, 0.2) is 5.78 Å². The lowest BCUT2D eigenvalue weighted by Gasteiger charge is -2.14. The highest BCUT2D eigenvalue weighted by molar-refractivity contribution is 5.99. The average molecular weight is 261 g/mol. The second kappa shape index (κ2) is 6.85. The van der Waals surface area contributed by atoms with E-state index in [1.54, 1.807) is 0 Å². The van der Waals surface area contributed by atoms with Crippen molar-refractivity contribution in [3.8, 4) is 0 Å². The highest BCUT2D eigenvalue weighted by Gasteiger charge is 2.17. The minimum Gasteiger partial charge on any atom is -0.328 e. The van der Waals surface area contributed by atoms with Crippen molar-refractivity contribution in [1.82, 2.24) is 0 Å². The summed E-state index contributed by atoms with van der Waals surface area (Å²) in [5, 5.41) is 0. The molecule has 0 fully saturated rings. The second-order valence-electron chi connectivity index (χ2n) is 5.92. The number of aryl methyl sites for hydroxylation is 3. The zero-order chi connectivity index (χ0) is 14.6. The monoisotopic (exact) mass is 261 g/mol. The van der Waals surface area contributed by atoms with E-state index in [1.165, 1.54) is 11.1 Å². The van der Waals surface area contributed by atoms with Crippen LogP contribution in [-0.4, -0.2) is 11.8 Å². The first-order valence-corrected chi connectivity index (χ1v) is 7.20. The third kappa shape index (κ3) is 4.46. The first kappa shape index (κ1) is 15.9. The summed E-state index contributed by atoms with van der Waals surface area (Å²) in [5.74, 6) is 0.352. The average Bonchev–Trinajstić information content (AvgIpc) is 2.32. The van der Waals surface area contributed by atoms with Gasteiger partial charge in [-0.3, -0.25) is 4.79 Å². The van der Waals surface area contributed by atoms with Crippen molar-refractivity contribution >= 4 is 5.78 Å². The third-order valence-electron chi connectivity index (χ3n) is 3.85. The highest BCUT2D eigenvalue weighted by atomic mass is 16.1. The number of Topliss-reactive ketones (excluding diaryl/α,β-unsaturated/α-hetero) is 1. The Hall–Kier alpha value is -1.15. The Morgan fingerprint density at radius 2 is 1.63 bits per heavy atom. The molecule has 0 spiro atoms. The van der Waals surface area contributed by atoms with Gasteiger partial charge in [0.2, 0.25) is 0 Å². The molecular weight excluding hydrogens is 234 g/mol. The molecule has 0 heterocycles. The van der Waals surface area contributed by atoms with E-state index >= 15 is 0 Å². The largest absolute Gasteiger partial charge is 0.328 e. The molecule has 0 aliphatic heterocycles. The Labute approximate surface area is 117 Å². The standard InChI is InChI=1S/C17H27NO/c1-11(7-6-8-15(5)18)17(19)16-10-13(3)12(2)9-14(16)4/h9-11,15H,6-8,18H2,1-5H3. The quantitative estimate of drug-likeness (QED) is 0.788. The van der Waals surface area contributed by atoms with Crippen LogP contribution in [0.2, 0.25) is 0 Å². The van der Waals surface area contributed by atoms with E-state index < -0.39 is 0 Å². The van der Waals surface area contributed by atoms with Crippen LogP contribution in [0.1, 0.15) is 60.2 Å². The number of hydrogen-bond acceptors (Lipinski definition) is 2. The fraction of sp³-hybridized carbons (Fsp3) is 0.588. The minimum atomic E-state index is 0.0829. The molecule has 1 aromatic rings. The molecule has 0 aliphatic rings. The lowest BCUT2D eigenvalue weighted by Crippen LogP contribution is -2.17. The van der Waals surface area contributed by atoms with E-state index in [9.17, 15) is 4.79 Å². The summed E-state index contributed by atoms with van der Waals surface area (Å²) in [5.41, 5.74) is 10.2. The van der Waals surface area contributed by atoms with Crippen molar-refractivity contribution in [2.24, 2.45) is 11.7 Å². The molecule has 2 atom stereocenters. The normalized spacial score (nSPS) is 14.2. The summed E-state index contributed by atoms with van der Waals surface area (Å²) in [7, 11) is 0. The maximum absolute atomic E-state index is 12.5. The number of carbonyl (C=O) groups excluding carboxylic acids is 1. The molecule has 0 aromatic heterocycles. The van der Waals surface area contributed by atoms with Gasteiger partial charge in [0.25, 0.3) is 0 Å². The molecule has 1 rings (SSSR count). The second-order valence-corrected chi connectivity index (χ2v) is 5.92. The highest BCUT2D eigenvalue weighted by Crippen LogP contribution is 2.21. The van der Waals surface area contributed by atoms with Crippen LogP contribution in [0.4, 0.5) is 0 Å². The summed E-state index contributed by atoms with van der Waals surface area (Å²) in [4.78, 5) is 12.5. The van der Waals surface area contributed by atoms with Crippen LogP contribution in [-0.2, 0) is 0 Å². The van der Waals surface area contributed by atoms with Crippen LogP contribution in [0.3, 0.4) is 0 Å². The Morgan fingerprint density at radius 3 is 2.21 bits per heavy atom. The van der Waals surface area contributed by atoms with Crippen molar-refractivity contribution in [2.45, 2.75) is 59.9 Å². The zero-order valence-electron chi connectivity index (χ0n) is 12.9. The fourth-order valence-corrected chi connectivity index (χ4v) is 2.37. The van der Waals surface area contributed by atoms with Crippen molar-refractivity contribution < 1.29 is 4.79 Å². The SMILES string of the molecule is Cc1cc(C)c(C(=O)C(C)CCCC(C)N)cc1C. The number of ketones is 1. The third-order valence-corrected chi connectivity index (χ3v) is 3.85. The summed E-state index contributed by atoms with van der Waals surface area (Å²) in [6.45, 7) is 10.2. The number of nitrogens with two attached hydrogens (primary N) is 1. The number of hydrogen-bond donors (Lipinski definition) is 1. The number of rotatable bonds is 6. The minimum absolute atomic E-state index is 0.0829. The summed E-state index contributed by atoms with van der Waals surface area (Å²) in [6.07, 6.45) is 2.94. The molecule has 0 bridgehead atoms. The molecule has 106 valence electrons. The van der Waals surface area contributed by atoms with Gasteiger partial charge in [-0.25, -0.2) is 0 Å². The Balaban J connectivity index is 2.74. The van der Waals surface area contributed by atoms with E-state index in [0.717, 1.165) is 30.4 Å². The Morgan fingerprint density at radius 1 is 1.05 bits per heavy atom. The van der Waals surface area contributed by atoms with Gasteiger partial charge in [-0.15, -0.1) is 0 Å². The van der Waals surface area contributed by atoms with Gasteiger partial charge in [0, 0.05) is 17.5 Å². The predicted molar refractivity (Wildman–Crippen MR) is 81.6 cm³/mol. The molecule has 0 saturated heterocycles. The molecular formula is C17H27NO. The van der Waals surface area contributed by atoms with Crippen LogP contribution in [0.5, 0.6) is 0 Å². The van der Waals surface area contributed by atoms with E-state index in [0.29, 0.717) is 0 Å². The van der Waals surface area contributed by atoms with Gasteiger partial charge in [0.05, 0.1) is 0 Å². The van der Waals surface area contributed by atoms with Gasteiger partial charge >= 0.3 is 0 Å². The van der Waals surface area contributed by atoms with Gasteiger partial charge in [0.1, 0.15) is 0 Å². The molecule has 0 aliphatic carbocycles. The summed E-state index contributed by atoms with van der Waals surface area (Å²) >= 11 is 0. The van der Waals surface area contributed by atoms with Crippen LogP contribution >= 0.6 is 0 Å². The maximum Gasteiger partial charge on any atom is 0.165 e. The van der Waals surface area contributed by atoms with Crippen molar-refractivity contribution in [1.29, 1.82) is 0 Å². The fourth-order valence-electron chi connectivity index (χ4n) is 2.37. The van der Waals surface area contributed by atoms with Crippen LogP contribution in [0.15, 0.2) is 12.1 Å². The first-order chi connectivity index (χ1) is 8.82. The van der Waals surface area contributed by atoms with Gasteiger partial charge in [-0.05, 0) is 63.3 Å². The molecule has 2 nitrogen and oxygen atoms in total. The molecule has 0 saturated carbocycles. The van der Waals surface area contributed by atoms with Crippen LogP contribution in [0, 0.1) is 26.7 Å². The van der Waals surface area contributed by atoms with Crippen LogP contribution < -0.4 is 5.73 Å². The van der Waals surface area contributed by atoms with E-state index in [1.807, 2.05) is 26.8 Å². The molecule has 2 heteroatoms. The Kier molecular flexibility index (Phi) is 5.74. The molecule has 1 aromatic carbocycles. The molecule has 2 unspecified atom stereocenters. The zero-order valence-corrected chi connectivity index (χ0v) is 12.9. The van der Waals surface area contributed by atoms with Gasteiger partial charge in [-0.1, -0.05) is 19.4 Å². The van der Waals surface area contributed by atoms with Crippen molar-refractivity contribution in [3.63, 3.8) is 0 Å². The van der Waals surface area contributed by atoms with Crippen molar-refractivity contribution in [2.75, 3.05) is 0 Å². The van der Waals surface area contributed by atoms with E-state index in [4.69, 9.17) is 5.73 Å². The smallest absolute Gasteiger partial charge is 0.165 e. The lowest BCUT2D eigenvalue weighted by atomic mass is 9.89.